The van der Waals surface area contributed by atoms with Crippen LogP contribution in [0.2, 0.25) is 0 Å². The topological polar surface area (TPSA) is 43.2 Å². The molecule has 1 spiro atoms. The molecular formula is C26H32N4O. The predicted octanol–water partition coefficient (Wildman–Crippen LogP) is 4.67. The summed E-state index contributed by atoms with van der Waals surface area (Å²) < 4.78 is 8.29. The second-order valence-electron chi connectivity index (χ2n) is 9.28. The maximum absolute atomic E-state index is 6.38. The first-order valence-electron chi connectivity index (χ1n) is 11.5. The fourth-order valence-corrected chi connectivity index (χ4v) is 5.08. The molecule has 1 aromatic heterocycles. The van der Waals surface area contributed by atoms with E-state index in [0.717, 1.165) is 62.7 Å². The van der Waals surface area contributed by atoms with E-state index in [4.69, 9.17) is 14.8 Å². The van der Waals surface area contributed by atoms with Crippen molar-refractivity contribution >= 4 is 0 Å². The van der Waals surface area contributed by atoms with E-state index in [1.807, 2.05) is 11.7 Å². The third-order valence-corrected chi connectivity index (χ3v) is 6.93. The number of aromatic nitrogens is 3. The molecule has 5 nitrogen and oxygen atoms in total. The van der Waals surface area contributed by atoms with Crippen molar-refractivity contribution in [1.82, 2.24) is 19.7 Å². The van der Waals surface area contributed by atoms with E-state index in [2.05, 4.69) is 67.3 Å². The number of ether oxygens (including phenoxy) is 1. The Morgan fingerprint density at radius 3 is 2.52 bits per heavy atom. The number of aryl methyl sites for hydroxylation is 1. The van der Waals surface area contributed by atoms with Crippen LogP contribution in [0.25, 0.3) is 11.4 Å². The first kappa shape index (κ1) is 20.4. The maximum Gasteiger partial charge on any atom is 0.165 e. The van der Waals surface area contributed by atoms with Gasteiger partial charge in [-0.05, 0) is 41.9 Å². The molecule has 1 saturated heterocycles. The van der Waals surface area contributed by atoms with Crippen LogP contribution in [-0.2, 0) is 30.4 Å². The van der Waals surface area contributed by atoms with Gasteiger partial charge in [-0.25, -0.2) is 9.67 Å². The summed E-state index contributed by atoms with van der Waals surface area (Å²) >= 11 is 0. The normalized spacial score (nSPS) is 18.5. The molecule has 162 valence electrons. The van der Waals surface area contributed by atoms with Crippen molar-refractivity contribution in [2.75, 3.05) is 19.7 Å². The van der Waals surface area contributed by atoms with Gasteiger partial charge >= 0.3 is 0 Å². The van der Waals surface area contributed by atoms with Crippen molar-refractivity contribution in [3.63, 3.8) is 0 Å². The SMILES string of the molecule is CC(C)c1ccc(-c2nc(CN3CCC4(CC3)OCCc3ccccc34)nn2C)cc1. The number of fused-ring (bicyclic) bond motifs is 2. The Labute approximate surface area is 185 Å². The maximum atomic E-state index is 6.38. The van der Waals surface area contributed by atoms with E-state index in [9.17, 15) is 0 Å². The van der Waals surface area contributed by atoms with Crippen LogP contribution < -0.4 is 0 Å². The summed E-state index contributed by atoms with van der Waals surface area (Å²) in [7, 11) is 1.99. The molecule has 5 heteroatoms. The molecule has 5 rings (SSSR count). The summed E-state index contributed by atoms with van der Waals surface area (Å²) in [6.07, 6.45) is 3.08. The fourth-order valence-electron chi connectivity index (χ4n) is 5.08. The molecule has 3 aromatic rings. The van der Waals surface area contributed by atoms with Gasteiger partial charge in [0.1, 0.15) is 0 Å². The number of rotatable bonds is 4. The van der Waals surface area contributed by atoms with Crippen molar-refractivity contribution in [3.05, 3.63) is 71.0 Å². The number of benzene rings is 2. The highest BCUT2D eigenvalue weighted by molar-refractivity contribution is 5.55. The lowest BCUT2D eigenvalue weighted by Crippen LogP contribution is -2.46. The number of nitrogens with zero attached hydrogens (tertiary/aromatic N) is 4. The van der Waals surface area contributed by atoms with Gasteiger partial charge in [0, 0.05) is 25.7 Å². The molecule has 2 aliphatic rings. The largest absolute Gasteiger partial charge is 0.370 e. The summed E-state index contributed by atoms with van der Waals surface area (Å²) in [5, 5.41) is 4.71. The molecule has 0 bridgehead atoms. The number of piperidine rings is 1. The van der Waals surface area contributed by atoms with Crippen LogP contribution in [0.15, 0.2) is 48.5 Å². The molecule has 0 radical (unpaired) electrons. The van der Waals surface area contributed by atoms with Crippen molar-refractivity contribution in [1.29, 1.82) is 0 Å². The van der Waals surface area contributed by atoms with Crippen LogP contribution in [0.5, 0.6) is 0 Å². The van der Waals surface area contributed by atoms with Gasteiger partial charge in [0.25, 0.3) is 0 Å². The molecule has 1 fully saturated rings. The van der Waals surface area contributed by atoms with Crippen LogP contribution in [0.3, 0.4) is 0 Å². The highest BCUT2D eigenvalue weighted by Crippen LogP contribution is 2.41. The molecule has 2 aliphatic heterocycles. The van der Waals surface area contributed by atoms with Crippen molar-refractivity contribution in [3.8, 4) is 11.4 Å². The van der Waals surface area contributed by atoms with E-state index in [1.54, 1.807) is 0 Å². The Bertz CT molecular complexity index is 1050. The molecule has 2 aromatic carbocycles. The zero-order chi connectivity index (χ0) is 21.4. The third-order valence-electron chi connectivity index (χ3n) is 6.93. The molecule has 0 atom stereocenters. The van der Waals surface area contributed by atoms with E-state index in [1.165, 1.54) is 16.7 Å². The van der Waals surface area contributed by atoms with Gasteiger partial charge in [0.05, 0.1) is 18.8 Å². The van der Waals surface area contributed by atoms with Gasteiger partial charge < -0.3 is 4.74 Å². The van der Waals surface area contributed by atoms with Gasteiger partial charge in [0.15, 0.2) is 11.6 Å². The zero-order valence-corrected chi connectivity index (χ0v) is 18.8. The Morgan fingerprint density at radius 2 is 1.77 bits per heavy atom. The summed E-state index contributed by atoms with van der Waals surface area (Å²) in [6.45, 7) is 8.06. The molecule has 3 heterocycles. The number of hydrogen-bond acceptors (Lipinski definition) is 4. The predicted molar refractivity (Wildman–Crippen MR) is 123 cm³/mol. The Morgan fingerprint density at radius 1 is 1.03 bits per heavy atom. The molecule has 0 unspecified atom stereocenters. The fraction of sp³-hybridized carbons (Fsp3) is 0.462. The van der Waals surface area contributed by atoms with Gasteiger partial charge in [-0.1, -0.05) is 62.4 Å². The Hall–Kier alpha value is -2.50. The smallest absolute Gasteiger partial charge is 0.165 e. The minimum atomic E-state index is -0.105. The van der Waals surface area contributed by atoms with Crippen LogP contribution in [0.4, 0.5) is 0 Å². The third kappa shape index (κ3) is 3.92. The monoisotopic (exact) mass is 416 g/mol. The summed E-state index contributed by atoms with van der Waals surface area (Å²) in [6, 6.07) is 17.5. The van der Waals surface area contributed by atoms with Crippen LogP contribution >= 0.6 is 0 Å². The highest BCUT2D eigenvalue weighted by atomic mass is 16.5. The average Bonchev–Trinajstić information content (AvgIpc) is 3.16. The van der Waals surface area contributed by atoms with E-state index in [0.29, 0.717) is 5.92 Å². The molecule has 0 amide bonds. The van der Waals surface area contributed by atoms with Gasteiger partial charge in [0.2, 0.25) is 0 Å². The second kappa shape index (κ2) is 8.21. The van der Waals surface area contributed by atoms with Gasteiger partial charge in [-0.15, -0.1) is 0 Å². The number of hydrogen-bond donors (Lipinski definition) is 0. The second-order valence-corrected chi connectivity index (χ2v) is 9.28. The minimum Gasteiger partial charge on any atom is -0.370 e. The van der Waals surface area contributed by atoms with Crippen LogP contribution in [0.1, 0.15) is 55.1 Å². The summed E-state index contributed by atoms with van der Waals surface area (Å²) in [5.74, 6) is 2.36. The highest BCUT2D eigenvalue weighted by Gasteiger charge is 2.40. The Balaban J connectivity index is 1.27. The van der Waals surface area contributed by atoms with Crippen molar-refractivity contribution in [2.45, 2.75) is 51.2 Å². The summed E-state index contributed by atoms with van der Waals surface area (Å²) in [4.78, 5) is 7.33. The Kier molecular flexibility index (Phi) is 5.40. The molecule has 0 aliphatic carbocycles. The quantitative estimate of drug-likeness (QED) is 0.620. The average molecular weight is 417 g/mol. The number of likely N-dealkylation sites (tertiary alicyclic amines) is 1. The van der Waals surface area contributed by atoms with E-state index in [-0.39, 0.29) is 5.60 Å². The lowest BCUT2D eigenvalue weighted by molar-refractivity contribution is -0.0991. The van der Waals surface area contributed by atoms with Crippen LogP contribution in [0, 0.1) is 0 Å². The zero-order valence-electron chi connectivity index (χ0n) is 18.8. The van der Waals surface area contributed by atoms with E-state index < -0.39 is 0 Å². The molecular weight excluding hydrogens is 384 g/mol. The molecule has 0 saturated carbocycles. The van der Waals surface area contributed by atoms with Crippen molar-refractivity contribution in [2.24, 2.45) is 7.05 Å². The first-order valence-corrected chi connectivity index (χ1v) is 11.5. The van der Waals surface area contributed by atoms with E-state index >= 15 is 0 Å². The summed E-state index contributed by atoms with van der Waals surface area (Å²) in [5.41, 5.74) is 5.23. The van der Waals surface area contributed by atoms with Gasteiger partial charge in [-0.3, -0.25) is 4.90 Å². The molecule has 31 heavy (non-hydrogen) atoms. The van der Waals surface area contributed by atoms with Crippen LogP contribution in [-0.4, -0.2) is 39.4 Å². The van der Waals surface area contributed by atoms with Crippen molar-refractivity contribution < 1.29 is 4.74 Å². The standard InChI is InChI=1S/C26H32N4O/c1-19(2)20-8-10-22(11-9-20)25-27-24(28-29(25)3)18-30-15-13-26(14-16-30)23-7-5-4-6-21(23)12-17-31-26/h4-11,19H,12-18H2,1-3H3. The first-order chi connectivity index (χ1) is 15.0. The minimum absolute atomic E-state index is 0.105. The lowest BCUT2D eigenvalue weighted by atomic mass is 9.79. The molecule has 0 N–H and O–H groups in total. The lowest BCUT2D eigenvalue weighted by Gasteiger charge is -2.44. The van der Waals surface area contributed by atoms with Gasteiger partial charge in [-0.2, -0.15) is 5.10 Å².